The van der Waals surface area contributed by atoms with Gasteiger partial charge in [0.15, 0.2) is 6.23 Å². The van der Waals surface area contributed by atoms with Crippen molar-refractivity contribution in [2.75, 3.05) is 6.61 Å². The van der Waals surface area contributed by atoms with Gasteiger partial charge in [-0.3, -0.25) is 15.3 Å². The highest BCUT2D eigenvalue weighted by Crippen LogP contribution is 2.21. The van der Waals surface area contributed by atoms with Crippen LogP contribution in [0.5, 0.6) is 0 Å². The van der Waals surface area contributed by atoms with E-state index in [0.29, 0.717) is 6.21 Å². The summed E-state index contributed by atoms with van der Waals surface area (Å²) in [7, 11) is 0. The lowest BCUT2D eigenvalue weighted by molar-refractivity contribution is -0.113. The second-order valence-corrected chi connectivity index (χ2v) is 3.45. The molecule has 1 saturated heterocycles. The van der Waals surface area contributed by atoms with E-state index >= 15 is 0 Å². The second-order valence-electron chi connectivity index (χ2n) is 3.45. The van der Waals surface area contributed by atoms with E-state index in [9.17, 15) is 15.0 Å². The molecule has 102 valence electrons. The maximum atomic E-state index is 10.8. The Bertz CT molecular complexity index is 348. The van der Waals surface area contributed by atoms with Crippen molar-refractivity contribution >= 4 is 18.1 Å². The Labute approximate surface area is 101 Å². The number of carbonyl (C=O) groups excluding carboxylic acids is 1. The third-order valence-electron chi connectivity index (χ3n) is 2.25. The van der Waals surface area contributed by atoms with Crippen molar-refractivity contribution in [3.8, 4) is 0 Å². The first kappa shape index (κ1) is 14.5. The zero-order chi connectivity index (χ0) is 13.7. The number of ether oxygens (including phenoxy) is 1. The van der Waals surface area contributed by atoms with Crippen molar-refractivity contribution < 1.29 is 30.1 Å². The fourth-order valence-corrected chi connectivity index (χ4v) is 1.36. The minimum absolute atomic E-state index is 0.449. The standard InChI is InChI=1S/C8H14N4O6/c9-1-4(14)10-8(12-17)11-7-6(16)5(15)3(2-13)18-7/h1,3,5-7,9,13,15-17H,2H2,(H2,10,11,12,14)/t3-,5-,6-,7-/m1/s1. The van der Waals surface area contributed by atoms with E-state index in [2.05, 4.69) is 4.99 Å². The van der Waals surface area contributed by atoms with Gasteiger partial charge in [0, 0.05) is 0 Å². The highest BCUT2D eigenvalue weighted by atomic mass is 16.6. The van der Waals surface area contributed by atoms with Crippen molar-refractivity contribution in [1.29, 1.82) is 5.41 Å². The summed E-state index contributed by atoms with van der Waals surface area (Å²) in [6.07, 6.45) is -4.57. The van der Waals surface area contributed by atoms with Crippen LogP contribution in [0, 0.1) is 5.41 Å². The number of nitrogens with one attached hydrogen (secondary N) is 3. The van der Waals surface area contributed by atoms with Crippen molar-refractivity contribution in [3.05, 3.63) is 0 Å². The van der Waals surface area contributed by atoms with Gasteiger partial charge in [0.1, 0.15) is 18.3 Å². The van der Waals surface area contributed by atoms with Crippen molar-refractivity contribution in [2.24, 2.45) is 4.99 Å². The number of hydroxylamine groups is 1. The zero-order valence-corrected chi connectivity index (χ0v) is 9.15. The Morgan fingerprint density at radius 3 is 2.56 bits per heavy atom. The molecule has 1 aliphatic rings. The lowest BCUT2D eigenvalue weighted by Crippen LogP contribution is -2.42. The van der Waals surface area contributed by atoms with E-state index in [4.69, 9.17) is 20.5 Å². The monoisotopic (exact) mass is 262 g/mol. The second kappa shape index (κ2) is 6.37. The number of guanidine groups is 1. The SMILES string of the molecule is N=CC(=O)NC(=N[C@@H]1O[C@H](CO)[C@@H](O)[C@H]1O)NO. The number of aliphatic hydroxyl groups is 3. The van der Waals surface area contributed by atoms with Crippen LogP contribution >= 0.6 is 0 Å². The number of carbonyl (C=O) groups is 1. The first-order valence-corrected chi connectivity index (χ1v) is 4.95. The number of nitrogens with zero attached hydrogens (tertiary/aromatic N) is 1. The number of hydrogen-bond donors (Lipinski definition) is 7. The molecule has 18 heavy (non-hydrogen) atoms. The van der Waals surface area contributed by atoms with Crippen molar-refractivity contribution in [1.82, 2.24) is 10.8 Å². The minimum atomic E-state index is -1.41. The average Bonchev–Trinajstić information content (AvgIpc) is 2.65. The molecule has 1 rings (SSSR count). The van der Waals surface area contributed by atoms with Gasteiger partial charge in [-0.25, -0.2) is 10.5 Å². The molecule has 0 radical (unpaired) electrons. The van der Waals surface area contributed by atoms with Gasteiger partial charge in [0.2, 0.25) is 5.96 Å². The summed E-state index contributed by atoms with van der Waals surface area (Å²) in [6.45, 7) is -0.515. The first-order valence-electron chi connectivity index (χ1n) is 4.95. The van der Waals surface area contributed by atoms with Crippen LogP contribution in [0.25, 0.3) is 0 Å². The summed E-state index contributed by atoms with van der Waals surface area (Å²) in [5, 5.41) is 45.1. The first-order chi connectivity index (χ1) is 8.53. The van der Waals surface area contributed by atoms with Gasteiger partial charge >= 0.3 is 0 Å². The smallest absolute Gasteiger partial charge is 0.268 e. The molecule has 0 saturated carbocycles. The summed E-state index contributed by atoms with van der Waals surface area (Å²) >= 11 is 0. The van der Waals surface area contributed by atoms with Gasteiger partial charge in [0.05, 0.1) is 12.8 Å². The number of hydrogen-bond acceptors (Lipinski definition) is 8. The lowest BCUT2D eigenvalue weighted by atomic mass is 10.1. The van der Waals surface area contributed by atoms with E-state index in [1.165, 1.54) is 0 Å². The van der Waals surface area contributed by atoms with E-state index < -0.39 is 43.0 Å². The molecule has 1 fully saturated rings. The summed E-state index contributed by atoms with van der Waals surface area (Å²) in [6, 6.07) is 0. The van der Waals surface area contributed by atoms with Crippen molar-refractivity contribution in [2.45, 2.75) is 24.5 Å². The molecular weight excluding hydrogens is 248 g/mol. The minimum Gasteiger partial charge on any atom is -0.394 e. The molecule has 1 aliphatic heterocycles. The third kappa shape index (κ3) is 3.21. The Kier molecular flexibility index (Phi) is 5.12. The fraction of sp³-hybridized carbons (Fsp3) is 0.625. The van der Waals surface area contributed by atoms with Gasteiger partial charge in [0.25, 0.3) is 5.91 Å². The maximum Gasteiger partial charge on any atom is 0.268 e. The normalized spacial score (nSPS) is 32.1. The van der Waals surface area contributed by atoms with Gasteiger partial charge in [-0.15, -0.1) is 0 Å². The van der Waals surface area contributed by atoms with E-state index in [1.807, 2.05) is 5.32 Å². The van der Waals surface area contributed by atoms with Crippen molar-refractivity contribution in [3.63, 3.8) is 0 Å². The van der Waals surface area contributed by atoms with Crippen LogP contribution in [0.3, 0.4) is 0 Å². The van der Waals surface area contributed by atoms with E-state index in [0.717, 1.165) is 0 Å². The molecule has 4 atom stereocenters. The van der Waals surface area contributed by atoms with Crippen LogP contribution in [-0.4, -0.2) is 69.8 Å². The molecular formula is C8H14N4O6. The molecule has 7 N–H and O–H groups in total. The Morgan fingerprint density at radius 2 is 2.11 bits per heavy atom. The molecule has 0 bridgehead atoms. The summed E-state index contributed by atoms with van der Waals surface area (Å²) in [5.41, 5.74) is 1.54. The number of rotatable bonds is 3. The quantitative estimate of drug-likeness (QED) is 0.157. The molecule has 1 amide bonds. The molecule has 10 nitrogen and oxygen atoms in total. The lowest BCUT2D eigenvalue weighted by Gasteiger charge is -2.12. The molecule has 1 heterocycles. The Hall–Kier alpha value is -1.59. The molecule has 0 aromatic rings. The number of amides is 1. The highest BCUT2D eigenvalue weighted by molar-refractivity contribution is 6.28. The van der Waals surface area contributed by atoms with Crippen LogP contribution in [-0.2, 0) is 9.53 Å². The molecule has 0 spiro atoms. The van der Waals surface area contributed by atoms with Crippen LogP contribution in [0.2, 0.25) is 0 Å². The average molecular weight is 262 g/mol. The number of aliphatic imine (C=N–C) groups is 1. The van der Waals surface area contributed by atoms with Crippen LogP contribution in [0.4, 0.5) is 0 Å². The molecule has 0 aliphatic carbocycles. The van der Waals surface area contributed by atoms with Gasteiger partial charge < -0.3 is 25.5 Å². The predicted molar refractivity (Wildman–Crippen MR) is 57.0 cm³/mol. The molecule has 0 aromatic carbocycles. The van der Waals surface area contributed by atoms with Crippen LogP contribution < -0.4 is 10.8 Å². The zero-order valence-electron chi connectivity index (χ0n) is 9.15. The van der Waals surface area contributed by atoms with Gasteiger partial charge in [-0.1, -0.05) is 0 Å². The van der Waals surface area contributed by atoms with E-state index in [-0.39, 0.29) is 0 Å². The molecule has 0 aromatic heterocycles. The Balaban J connectivity index is 2.74. The van der Waals surface area contributed by atoms with Crippen LogP contribution in [0.1, 0.15) is 0 Å². The van der Waals surface area contributed by atoms with E-state index in [1.54, 1.807) is 5.48 Å². The fourth-order valence-electron chi connectivity index (χ4n) is 1.36. The molecule has 0 unspecified atom stereocenters. The van der Waals surface area contributed by atoms with Gasteiger partial charge in [-0.05, 0) is 0 Å². The topological polar surface area (TPSA) is 167 Å². The number of aliphatic hydroxyl groups excluding tert-OH is 3. The predicted octanol–water partition coefficient (Wildman–Crippen LogP) is -3.47. The largest absolute Gasteiger partial charge is 0.394 e. The van der Waals surface area contributed by atoms with Crippen LogP contribution in [0.15, 0.2) is 4.99 Å². The highest BCUT2D eigenvalue weighted by Gasteiger charge is 2.42. The molecule has 10 heteroatoms. The van der Waals surface area contributed by atoms with Gasteiger partial charge in [-0.2, -0.15) is 0 Å². The Morgan fingerprint density at radius 1 is 1.44 bits per heavy atom. The summed E-state index contributed by atoms with van der Waals surface area (Å²) < 4.78 is 4.99. The maximum absolute atomic E-state index is 10.8. The third-order valence-corrected chi connectivity index (χ3v) is 2.25. The summed E-state index contributed by atoms with van der Waals surface area (Å²) in [5.74, 6) is -1.32. The summed E-state index contributed by atoms with van der Waals surface area (Å²) in [4.78, 5) is 14.4.